The molecule has 1 rings (SSSR count). The van der Waals surface area contributed by atoms with Gasteiger partial charge in [0.25, 0.3) is 5.91 Å². The molecule has 0 fully saturated rings. The van der Waals surface area contributed by atoms with Gasteiger partial charge in [-0.2, -0.15) is 0 Å². The fraction of sp³-hybridized carbons (Fsp3) is 0.333. The van der Waals surface area contributed by atoms with Gasteiger partial charge in [0, 0.05) is 10.9 Å². The van der Waals surface area contributed by atoms with Crippen molar-refractivity contribution >= 4 is 35.3 Å². The molecular formula is C12H15N3O3S. The smallest absolute Gasteiger partial charge is 0.349 e. The highest BCUT2D eigenvalue weighted by Crippen LogP contribution is 2.14. The Bertz CT molecular complexity index is 541. The maximum absolute atomic E-state index is 11.4. The number of thiophene rings is 1. The van der Waals surface area contributed by atoms with E-state index in [9.17, 15) is 9.59 Å². The number of carbonyl (C=O) groups excluding carboxylic acids is 2. The lowest BCUT2D eigenvalue weighted by molar-refractivity contribution is -0.145. The van der Waals surface area contributed by atoms with Gasteiger partial charge >= 0.3 is 5.97 Å². The molecule has 7 heteroatoms. The van der Waals surface area contributed by atoms with Crippen molar-refractivity contribution in [2.45, 2.75) is 26.4 Å². The van der Waals surface area contributed by atoms with Gasteiger partial charge in [-0.25, -0.2) is 9.79 Å². The average Bonchev–Trinajstić information content (AvgIpc) is 2.72. The first kappa shape index (κ1) is 15.0. The Labute approximate surface area is 114 Å². The van der Waals surface area contributed by atoms with Crippen LogP contribution in [-0.4, -0.2) is 29.5 Å². The van der Waals surface area contributed by atoms with Gasteiger partial charge in [-0.1, -0.05) is 0 Å². The molecule has 19 heavy (non-hydrogen) atoms. The minimum atomic E-state index is -0.623. The number of aliphatic imine (C=N–C) groups is 1. The van der Waals surface area contributed by atoms with E-state index in [-0.39, 0.29) is 5.84 Å². The maximum Gasteiger partial charge on any atom is 0.349 e. The highest BCUT2D eigenvalue weighted by molar-refractivity contribution is 7.12. The predicted octanol–water partition coefficient (Wildman–Crippen LogP) is 1.58. The van der Waals surface area contributed by atoms with Crippen LogP contribution in [0.15, 0.2) is 16.4 Å². The molecule has 0 atom stereocenters. The molecule has 1 amide bonds. The van der Waals surface area contributed by atoms with Gasteiger partial charge in [-0.3, -0.25) is 10.2 Å². The van der Waals surface area contributed by atoms with Crippen LogP contribution in [0, 0.1) is 5.41 Å². The van der Waals surface area contributed by atoms with E-state index >= 15 is 0 Å². The van der Waals surface area contributed by atoms with Crippen LogP contribution < -0.4 is 5.73 Å². The van der Waals surface area contributed by atoms with Crippen molar-refractivity contribution in [1.29, 1.82) is 5.41 Å². The lowest BCUT2D eigenvalue weighted by Crippen LogP contribution is -2.24. The number of ether oxygens (including phenoxy) is 1. The van der Waals surface area contributed by atoms with Gasteiger partial charge < -0.3 is 10.5 Å². The molecule has 102 valence electrons. The molecule has 0 saturated carbocycles. The molecule has 1 heterocycles. The Balaban J connectivity index is 2.68. The summed E-state index contributed by atoms with van der Waals surface area (Å²) in [6.45, 7) is 5.21. The highest BCUT2D eigenvalue weighted by atomic mass is 32.1. The largest absolute Gasteiger partial charge is 0.456 e. The molecule has 0 aliphatic carbocycles. The SMILES string of the molecule is CC(C)(C)OC(=O)C=NC(=N)c1csc(C(N)=O)c1. The van der Waals surface area contributed by atoms with Gasteiger partial charge in [-0.05, 0) is 26.8 Å². The summed E-state index contributed by atoms with van der Waals surface area (Å²) in [5.74, 6) is -1.31. The summed E-state index contributed by atoms with van der Waals surface area (Å²) in [5, 5.41) is 9.24. The van der Waals surface area contributed by atoms with E-state index in [4.69, 9.17) is 15.9 Å². The minimum Gasteiger partial charge on any atom is -0.456 e. The number of amidine groups is 1. The van der Waals surface area contributed by atoms with Crippen LogP contribution in [0.5, 0.6) is 0 Å². The first-order valence-electron chi connectivity index (χ1n) is 5.43. The fourth-order valence-electron chi connectivity index (χ4n) is 1.11. The number of esters is 1. The number of nitrogens with two attached hydrogens (primary N) is 1. The Hall–Kier alpha value is -2.02. The van der Waals surface area contributed by atoms with Crippen LogP contribution in [0.25, 0.3) is 0 Å². The molecule has 0 spiro atoms. The standard InChI is InChI=1S/C12H15N3O3S/c1-12(2,3)18-9(16)5-15-10(13)7-4-8(11(14)17)19-6-7/h4-6,13H,1-3H3,(H2,14,17). The van der Waals surface area contributed by atoms with Crippen LogP contribution in [-0.2, 0) is 9.53 Å². The number of rotatable bonds is 3. The number of hydrogen-bond donors (Lipinski definition) is 2. The summed E-state index contributed by atoms with van der Waals surface area (Å²) in [4.78, 5) is 26.3. The molecule has 0 unspecified atom stereocenters. The summed E-state index contributed by atoms with van der Waals surface area (Å²) >= 11 is 1.12. The third-order valence-electron chi connectivity index (χ3n) is 1.82. The molecule has 0 aliphatic rings. The highest BCUT2D eigenvalue weighted by Gasteiger charge is 2.15. The maximum atomic E-state index is 11.4. The van der Waals surface area contributed by atoms with Crippen LogP contribution in [0.2, 0.25) is 0 Å². The third-order valence-corrected chi connectivity index (χ3v) is 2.77. The quantitative estimate of drug-likeness (QED) is 0.499. The van der Waals surface area contributed by atoms with E-state index in [2.05, 4.69) is 4.99 Å². The number of carbonyl (C=O) groups is 2. The van der Waals surface area contributed by atoms with Gasteiger partial charge in [0.15, 0.2) is 5.84 Å². The molecule has 1 aromatic rings. The van der Waals surface area contributed by atoms with Crippen LogP contribution >= 0.6 is 11.3 Å². The van der Waals surface area contributed by atoms with Crippen molar-refractivity contribution in [2.75, 3.05) is 0 Å². The fourth-order valence-corrected chi connectivity index (χ4v) is 1.85. The molecule has 0 radical (unpaired) electrons. The van der Waals surface area contributed by atoms with Gasteiger partial charge in [0.05, 0.1) is 4.88 Å². The third kappa shape index (κ3) is 5.01. The van der Waals surface area contributed by atoms with Crippen molar-refractivity contribution in [3.05, 3.63) is 21.9 Å². The number of amides is 1. The van der Waals surface area contributed by atoms with Crippen molar-refractivity contribution in [1.82, 2.24) is 0 Å². The molecule has 6 nitrogen and oxygen atoms in total. The van der Waals surface area contributed by atoms with Gasteiger partial charge in [-0.15, -0.1) is 11.3 Å². The normalized spacial score (nSPS) is 11.5. The summed E-state index contributed by atoms with van der Waals surface area (Å²) < 4.78 is 5.01. The molecule has 1 aromatic heterocycles. The second-order valence-electron chi connectivity index (χ2n) is 4.70. The van der Waals surface area contributed by atoms with E-state index in [1.165, 1.54) is 6.07 Å². The molecular weight excluding hydrogens is 266 g/mol. The predicted molar refractivity (Wildman–Crippen MR) is 74.0 cm³/mol. The van der Waals surface area contributed by atoms with E-state index < -0.39 is 17.5 Å². The Morgan fingerprint density at radius 3 is 2.58 bits per heavy atom. The molecule has 0 saturated heterocycles. The minimum absolute atomic E-state index is 0.130. The van der Waals surface area contributed by atoms with Gasteiger partial charge in [0.2, 0.25) is 0 Å². The summed E-state index contributed by atoms with van der Waals surface area (Å²) in [7, 11) is 0. The van der Waals surface area contributed by atoms with Crippen molar-refractivity contribution in [3.8, 4) is 0 Å². The van der Waals surface area contributed by atoms with E-state index in [0.717, 1.165) is 17.6 Å². The van der Waals surface area contributed by atoms with Crippen molar-refractivity contribution in [2.24, 2.45) is 10.7 Å². The Morgan fingerprint density at radius 2 is 2.11 bits per heavy atom. The molecule has 0 bridgehead atoms. The summed E-state index contributed by atoms with van der Waals surface area (Å²) in [5.41, 5.74) is 4.93. The Kier molecular flexibility index (Phi) is 4.55. The van der Waals surface area contributed by atoms with Crippen molar-refractivity contribution in [3.63, 3.8) is 0 Å². The number of primary amides is 1. The average molecular weight is 281 g/mol. The van der Waals surface area contributed by atoms with Crippen LogP contribution in [0.3, 0.4) is 0 Å². The van der Waals surface area contributed by atoms with E-state index in [1.54, 1.807) is 26.2 Å². The first-order chi connectivity index (χ1) is 8.69. The van der Waals surface area contributed by atoms with Crippen LogP contribution in [0.1, 0.15) is 36.0 Å². The zero-order chi connectivity index (χ0) is 14.6. The molecule has 0 aromatic carbocycles. The lowest BCUT2D eigenvalue weighted by atomic mass is 10.2. The zero-order valence-electron chi connectivity index (χ0n) is 10.9. The van der Waals surface area contributed by atoms with Gasteiger partial charge in [0.1, 0.15) is 11.8 Å². The summed E-state index contributed by atoms with van der Waals surface area (Å²) in [6, 6.07) is 1.46. The number of nitrogens with zero attached hydrogens (tertiary/aromatic N) is 1. The van der Waals surface area contributed by atoms with Crippen molar-refractivity contribution < 1.29 is 14.3 Å². The second kappa shape index (κ2) is 5.75. The van der Waals surface area contributed by atoms with E-state index in [1.807, 2.05) is 0 Å². The number of hydrogen-bond acceptors (Lipinski definition) is 5. The first-order valence-corrected chi connectivity index (χ1v) is 6.31. The topological polar surface area (TPSA) is 106 Å². The molecule has 0 aliphatic heterocycles. The monoisotopic (exact) mass is 281 g/mol. The Morgan fingerprint density at radius 1 is 1.47 bits per heavy atom. The molecule has 3 N–H and O–H groups in total. The number of nitrogens with one attached hydrogen (secondary N) is 1. The second-order valence-corrected chi connectivity index (χ2v) is 5.62. The van der Waals surface area contributed by atoms with E-state index in [0.29, 0.717) is 10.4 Å². The lowest BCUT2D eigenvalue weighted by Gasteiger charge is -2.17. The summed E-state index contributed by atoms with van der Waals surface area (Å²) in [6.07, 6.45) is 0.940. The van der Waals surface area contributed by atoms with Crippen LogP contribution in [0.4, 0.5) is 0 Å². The zero-order valence-corrected chi connectivity index (χ0v) is 11.7.